The fraction of sp³-hybridized carbons (Fsp3) is 0.467. The first-order valence-electron chi connectivity index (χ1n) is 6.99. The lowest BCUT2D eigenvalue weighted by Gasteiger charge is -2.16. The number of carbonyl (C=O) groups excluding carboxylic acids is 2. The van der Waals surface area contributed by atoms with Gasteiger partial charge in [-0.25, -0.2) is 0 Å². The second kappa shape index (κ2) is 5.63. The van der Waals surface area contributed by atoms with Gasteiger partial charge >= 0.3 is 0 Å². The Morgan fingerprint density at radius 3 is 3.00 bits per heavy atom. The highest BCUT2D eigenvalue weighted by Gasteiger charge is 2.28. The lowest BCUT2D eigenvalue weighted by Crippen LogP contribution is -2.40. The molecule has 106 valence electrons. The van der Waals surface area contributed by atoms with E-state index in [0.717, 1.165) is 25.0 Å². The second-order valence-electron chi connectivity index (χ2n) is 5.26. The zero-order valence-corrected chi connectivity index (χ0v) is 11.3. The molecule has 1 N–H and O–H groups in total. The van der Waals surface area contributed by atoms with E-state index in [1.165, 1.54) is 0 Å². The van der Waals surface area contributed by atoms with Crippen LogP contribution in [0.25, 0.3) is 0 Å². The molecular formula is C15H18N2O3. The maximum absolute atomic E-state index is 12.1. The molecule has 3 rings (SSSR count). The number of rotatable bonds is 4. The van der Waals surface area contributed by atoms with Gasteiger partial charge in [-0.05, 0) is 24.5 Å². The van der Waals surface area contributed by atoms with Crippen molar-refractivity contribution in [1.29, 1.82) is 0 Å². The van der Waals surface area contributed by atoms with E-state index in [-0.39, 0.29) is 24.5 Å². The molecule has 0 aliphatic carbocycles. The van der Waals surface area contributed by atoms with E-state index in [0.29, 0.717) is 18.7 Å². The number of hydrogen-bond donors (Lipinski definition) is 1. The van der Waals surface area contributed by atoms with Crippen LogP contribution in [-0.4, -0.2) is 42.5 Å². The topological polar surface area (TPSA) is 58.6 Å². The Morgan fingerprint density at radius 2 is 2.25 bits per heavy atom. The number of nitrogens with zero attached hydrogens (tertiary/aromatic N) is 1. The van der Waals surface area contributed by atoms with Crippen LogP contribution in [0.15, 0.2) is 24.3 Å². The van der Waals surface area contributed by atoms with Crippen molar-refractivity contribution in [3.8, 4) is 0 Å². The predicted molar refractivity (Wildman–Crippen MR) is 73.2 cm³/mol. The molecule has 0 bridgehead atoms. The Balaban J connectivity index is 1.51. The Morgan fingerprint density at radius 1 is 1.40 bits per heavy atom. The van der Waals surface area contributed by atoms with Crippen LogP contribution in [0.3, 0.4) is 0 Å². The summed E-state index contributed by atoms with van der Waals surface area (Å²) in [6.45, 7) is 1.94. The molecule has 1 atom stereocenters. The number of fused-ring (bicyclic) bond motifs is 1. The largest absolute Gasteiger partial charge is 0.376 e. The van der Waals surface area contributed by atoms with E-state index in [4.69, 9.17) is 4.74 Å². The summed E-state index contributed by atoms with van der Waals surface area (Å²) in [5.41, 5.74) is 1.70. The molecule has 1 aromatic rings. The molecule has 20 heavy (non-hydrogen) atoms. The van der Waals surface area contributed by atoms with Gasteiger partial charge in [0.25, 0.3) is 5.91 Å². The first kappa shape index (κ1) is 13.1. The molecule has 1 aromatic carbocycles. The average Bonchev–Trinajstić information content (AvgIpc) is 3.07. The van der Waals surface area contributed by atoms with Crippen LogP contribution in [0, 0.1) is 0 Å². The standard InChI is InChI=1S/C15H18N2O3/c18-14(16-8-12-5-3-7-20-12)10-17-9-11-4-1-2-6-13(11)15(17)19/h1-2,4,6,12H,3,5,7-10H2,(H,16,18). The van der Waals surface area contributed by atoms with Crippen LogP contribution in [0.5, 0.6) is 0 Å². The molecule has 0 aromatic heterocycles. The predicted octanol–water partition coefficient (Wildman–Crippen LogP) is 0.938. The van der Waals surface area contributed by atoms with E-state index in [2.05, 4.69) is 5.32 Å². The normalized spacial score (nSPS) is 21.1. The van der Waals surface area contributed by atoms with Crippen molar-refractivity contribution in [2.75, 3.05) is 19.7 Å². The van der Waals surface area contributed by atoms with Gasteiger partial charge in [0, 0.05) is 25.3 Å². The molecule has 0 saturated carbocycles. The summed E-state index contributed by atoms with van der Waals surface area (Å²) in [5, 5.41) is 2.84. The van der Waals surface area contributed by atoms with Crippen LogP contribution in [0.4, 0.5) is 0 Å². The summed E-state index contributed by atoms with van der Waals surface area (Å²) in [7, 11) is 0. The minimum atomic E-state index is -0.123. The lowest BCUT2D eigenvalue weighted by atomic mass is 10.1. The smallest absolute Gasteiger partial charge is 0.254 e. The Kier molecular flexibility index (Phi) is 3.69. The Bertz CT molecular complexity index is 524. The van der Waals surface area contributed by atoms with Crippen molar-refractivity contribution in [3.63, 3.8) is 0 Å². The third-order valence-corrected chi connectivity index (χ3v) is 3.78. The van der Waals surface area contributed by atoms with Crippen LogP contribution < -0.4 is 5.32 Å². The van der Waals surface area contributed by atoms with Gasteiger partial charge in [-0.3, -0.25) is 9.59 Å². The van der Waals surface area contributed by atoms with Crippen LogP contribution >= 0.6 is 0 Å². The first-order valence-corrected chi connectivity index (χ1v) is 6.99. The van der Waals surface area contributed by atoms with Crippen molar-refractivity contribution in [2.24, 2.45) is 0 Å². The molecule has 0 spiro atoms. The molecular weight excluding hydrogens is 256 g/mol. The van der Waals surface area contributed by atoms with Crippen molar-refractivity contribution >= 4 is 11.8 Å². The van der Waals surface area contributed by atoms with E-state index in [9.17, 15) is 9.59 Å². The molecule has 1 fully saturated rings. The molecule has 5 nitrogen and oxygen atoms in total. The Hall–Kier alpha value is -1.88. The minimum absolute atomic E-state index is 0.0622. The van der Waals surface area contributed by atoms with Crippen molar-refractivity contribution in [1.82, 2.24) is 10.2 Å². The van der Waals surface area contributed by atoms with Gasteiger partial charge in [-0.15, -0.1) is 0 Å². The maximum atomic E-state index is 12.1. The summed E-state index contributed by atoms with van der Waals surface area (Å²) in [5.74, 6) is -0.186. The summed E-state index contributed by atoms with van der Waals surface area (Å²) in [4.78, 5) is 25.6. The first-order chi connectivity index (χ1) is 9.74. The summed E-state index contributed by atoms with van der Waals surface area (Å²) in [6.07, 6.45) is 2.18. The number of benzene rings is 1. The molecule has 1 saturated heterocycles. The molecule has 2 heterocycles. The van der Waals surface area contributed by atoms with Gasteiger partial charge < -0.3 is 15.0 Å². The second-order valence-corrected chi connectivity index (χ2v) is 5.26. The monoisotopic (exact) mass is 274 g/mol. The van der Waals surface area contributed by atoms with Gasteiger partial charge in [-0.1, -0.05) is 18.2 Å². The van der Waals surface area contributed by atoms with E-state index >= 15 is 0 Å². The molecule has 2 aliphatic rings. The number of amides is 2. The summed E-state index contributed by atoms with van der Waals surface area (Å²) in [6, 6.07) is 7.49. The third-order valence-electron chi connectivity index (χ3n) is 3.78. The van der Waals surface area contributed by atoms with Gasteiger partial charge in [-0.2, -0.15) is 0 Å². The Labute approximate surface area is 117 Å². The highest BCUT2D eigenvalue weighted by molar-refractivity contribution is 6.00. The highest BCUT2D eigenvalue weighted by Crippen LogP contribution is 2.21. The molecule has 0 radical (unpaired) electrons. The molecule has 1 unspecified atom stereocenters. The van der Waals surface area contributed by atoms with Crippen LogP contribution in [0.1, 0.15) is 28.8 Å². The number of ether oxygens (including phenoxy) is 1. The van der Waals surface area contributed by atoms with Crippen molar-refractivity contribution < 1.29 is 14.3 Å². The van der Waals surface area contributed by atoms with Crippen molar-refractivity contribution in [3.05, 3.63) is 35.4 Å². The summed E-state index contributed by atoms with van der Waals surface area (Å²) >= 11 is 0. The van der Waals surface area contributed by atoms with Gasteiger partial charge in [0.05, 0.1) is 6.10 Å². The molecule has 5 heteroatoms. The summed E-state index contributed by atoms with van der Waals surface area (Å²) < 4.78 is 5.45. The number of carbonyl (C=O) groups is 2. The zero-order chi connectivity index (χ0) is 13.9. The lowest BCUT2D eigenvalue weighted by molar-refractivity contribution is -0.122. The minimum Gasteiger partial charge on any atom is -0.376 e. The number of nitrogens with one attached hydrogen (secondary N) is 1. The molecule has 2 amide bonds. The van der Waals surface area contributed by atoms with Gasteiger partial charge in [0.1, 0.15) is 6.54 Å². The SMILES string of the molecule is O=C(CN1Cc2ccccc2C1=O)NCC1CCCO1. The third kappa shape index (κ3) is 2.67. The quantitative estimate of drug-likeness (QED) is 0.889. The van der Waals surface area contributed by atoms with Crippen LogP contribution in [-0.2, 0) is 16.1 Å². The molecule has 2 aliphatic heterocycles. The number of hydrogen-bond acceptors (Lipinski definition) is 3. The van der Waals surface area contributed by atoms with Gasteiger partial charge in [0.15, 0.2) is 0 Å². The highest BCUT2D eigenvalue weighted by atomic mass is 16.5. The van der Waals surface area contributed by atoms with Gasteiger partial charge in [0.2, 0.25) is 5.91 Å². The fourth-order valence-corrected chi connectivity index (χ4v) is 2.70. The fourth-order valence-electron chi connectivity index (χ4n) is 2.70. The van der Waals surface area contributed by atoms with E-state index < -0.39 is 0 Å². The average molecular weight is 274 g/mol. The van der Waals surface area contributed by atoms with Crippen molar-refractivity contribution in [2.45, 2.75) is 25.5 Å². The van der Waals surface area contributed by atoms with E-state index in [1.807, 2.05) is 24.3 Å². The van der Waals surface area contributed by atoms with E-state index in [1.54, 1.807) is 4.90 Å². The van der Waals surface area contributed by atoms with Crippen LogP contribution in [0.2, 0.25) is 0 Å². The maximum Gasteiger partial charge on any atom is 0.254 e. The zero-order valence-electron chi connectivity index (χ0n) is 11.3.